The van der Waals surface area contributed by atoms with Crippen LogP contribution in [-0.2, 0) is 0 Å². The summed E-state index contributed by atoms with van der Waals surface area (Å²) in [6.07, 6.45) is 0. The zero-order chi connectivity index (χ0) is 13.9. The Bertz CT molecular complexity index is 425. The number of amides is 1. The van der Waals surface area contributed by atoms with Crippen LogP contribution in [0.4, 0.5) is 5.82 Å². The standard InChI is InChI=1S/C13H22N4O/c1-9(13(2,3)4)17(5)12(18)10-7-6-8-11(15-10)16-14/h6-9H,14H2,1-5H3,(H,15,16). The summed E-state index contributed by atoms with van der Waals surface area (Å²) in [4.78, 5) is 18.2. The second-order valence-corrected chi connectivity index (χ2v) is 5.51. The van der Waals surface area contributed by atoms with Crippen molar-refractivity contribution in [3.05, 3.63) is 23.9 Å². The first kappa shape index (κ1) is 14.4. The lowest BCUT2D eigenvalue weighted by molar-refractivity contribution is 0.0623. The monoisotopic (exact) mass is 250 g/mol. The van der Waals surface area contributed by atoms with Gasteiger partial charge in [0, 0.05) is 13.1 Å². The van der Waals surface area contributed by atoms with E-state index in [0.29, 0.717) is 11.5 Å². The quantitative estimate of drug-likeness (QED) is 0.634. The molecule has 1 rings (SSSR count). The van der Waals surface area contributed by atoms with E-state index in [1.165, 1.54) is 0 Å². The normalized spacial score (nSPS) is 13.0. The summed E-state index contributed by atoms with van der Waals surface area (Å²) in [6, 6.07) is 5.27. The molecule has 1 atom stereocenters. The van der Waals surface area contributed by atoms with Crippen molar-refractivity contribution in [3.63, 3.8) is 0 Å². The zero-order valence-electron chi connectivity index (χ0n) is 11.7. The van der Waals surface area contributed by atoms with Crippen LogP contribution in [0.2, 0.25) is 0 Å². The van der Waals surface area contributed by atoms with Gasteiger partial charge in [0.05, 0.1) is 0 Å². The maximum absolute atomic E-state index is 12.3. The minimum absolute atomic E-state index is 0.0220. The van der Waals surface area contributed by atoms with Crippen LogP contribution in [0.1, 0.15) is 38.2 Å². The van der Waals surface area contributed by atoms with Crippen molar-refractivity contribution in [1.82, 2.24) is 9.88 Å². The van der Waals surface area contributed by atoms with Gasteiger partial charge in [-0.1, -0.05) is 26.8 Å². The van der Waals surface area contributed by atoms with Gasteiger partial charge in [-0.25, -0.2) is 10.8 Å². The second kappa shape index (κ2) is 5.35. The Morgan fingerprint density at radius 1 is 1.44 bits per heavy atom. The first-order valence-corrected chi connectivity index (χ1v) is 5.98. The van der Waals surface area contributed by atoms with E-state index in [2.05, 4.69) is 31.2 Å². The van der Waals surface area contributed by atoms with Gasteiger partial charge >= 0.3 is 0 Å². The fourth-order valence-electron chi connectivity index (χ4n) is 1.57. The van der Waals surface area contributed by atoms with Crippen LogP contribution in [-0.4, -0.2) is 28.9 Å². The average Bonchev–Trinajstić information content (AvgIpc) is 2.35. The zero-order valence-corrected chi connectivity index (χ0v) is 11.7. The third-order valence-electron chi connectivity index (χ3n) is 3.27. The molecule has 1 amide bonds. The number of carbonyl (C=O) groups is 1. The molecule has 0 bridgehead atoms. The Balaban J connectivity index is 2.93. The van der Waals surface area contributed by atoms with E-state index >= 15 is 0 Å². The summed E-state index contributed by atoms with van der Waals surface area (Å²) < 4.78 is 0. The molecule has 0 fully saturated rings. The second-order valence-electron chi connectivity index (χ2n) is 5.51. The van der Waals surface area contributed by atoms with Crippen LogP contribution in [0.15, 0.2) is 18.2 Å². The maximum Gasteiger partial charge on any atom is 0.272 e. The molecule has 0 radical (unpaired) electrons. The Morgan fingerprint density at radius 2 is 2.06 bits per heavy atom. The van der Waals surface area contributed by atoms with Crippen LogP contribution in [0, 0.1) is 5.41 Å². The number of nitrogens with one attached hydrogen (secondary N) is 1. The van der Waals surface area contributed by atoms with E-state index in [1.54, 1.807) is 30.1 Å². The summed E-state index contributed by atoms with van der Waals surface area (Å²) in [6.45, 7) is 8.34. The average molecular weight is 250 g/mol. The molecular weight excluding hydrogens is 228 g/mol. The van der Waals surface area contributed by atoms with E-state index in [0.717, 1.165) is 0 Å². The number of nitrogens with two attached hydrogens (primary N) is 1. The van der Waals surface area contributed by atoms with Crippen LogP contribution in [0.5, 0.6) is 0 Å². The summed E-state index contributed by atoms with van der Waals surface area (Å²) in [5, 5.41) is 0. The molecule has 1 aromatic heterocycles. The molecule has 18 heavy (non-hydrogen) atoms. The molecule has 5 nitrogen and oxygen atoms in total. The summed E-state index contributed by atoms with van der Waals surface area (Å²) >= 11 is 0. The van der Waals surface area contributed by atoms with Crippen molar-refractivity contribution >= 4 is 11.7 Å². The molecule has 5 heteroatoms. The maximum atomic E-state index is 12.3. The molecule has 0 saturated heterocycles. The number of rotatable bonds is 3. The molecule has 1 heterocycles. The number of nitrogens with zero attached hydrogens (tertiary/aromatic N) is 2. The minimum Gasteiger partial charge on any atom is -0.337 e. The molecule has 0 aliphatic heterocycles. The lowest BCUT2D eigenvalue weighted by Gasteiger charge is -2.35. The summed E-state index contributed by atoms with van der Waals surface area (Å²) in [7, 11) is 1.79. The summed E-state index contributed by atoms with van der Waals surface area (Å²) in [5.74, 6) is 5.67. The molecule has 0 aromatic carbocycles. The van der Waals surface area contributed by atoms with Crippen molar-refractivity contribution in [2.45, 2.75) is 33.7 Å². The highest BCUT2D eigenvalue weighted by Crippen LogP contribution is 2.24. The number of hydrogen-bond donors (Lipinski definition) is 2. The fourth-order valence-corrected chi connectivity index (χ4v) is 1.57. The number of carbonyl (C=O) groups excluding carboxylic acids is 1. The van der Waals surface area contributed by atoms with Crippen molar-refractivity contribution in [3.8, 4) is 0 Å². The number of pyridine rings is 1. The summed E-state index contributed by atoms with van der Waals surface area (Å²) in [5.41, 5.74) is 2.85. The van der Waals surface area contributed by atoms with Crippen LogP contribution >= 0.6 is 0 Å². The van der Waals surface area contributed by atoms with Gasteiger partial charge in [0.1, 0.15) is 11.5 Å². The molecule has 3 N–H and O–H groups in total. The number of anilines is 1. The Morgan fingerprint density at radius 3 is 2.56 bits per heavy atom. The SMILES string of the molecule is CC(N(C)C(=O)c1cccc(NN)n1)C(C)(C)C. The molecular formula is C13H22N4O. The van der Waals surface area contributed by atoms with Crippen LogP contribution in [0.25, 0.3) is 0 Å². The molecule has 0 spiro atoms. The van der Waals surface area contributed by atoms with Gasteiger partial charge in [-0.15, -0.1) is 0 Å². The molecule has 0 aliphatic carbocycles. The number of hydrogen-bond acceptors (Lipinski definition) is 4. The van der Waals surface area contributed by atoms with Crippen molar-refractivity contribution in [2.75, 3.05) is 12.5 Å². The number of aromatic nitrogens is 1. The van der Waals surface area contributed by atoms with Gasteiger partial charge in [-0.3, -0.25) is 4.79 Å². The molecule has 0 aliphatic rings. The Hall–Kier alpha value is -1.62. The van der Waals surface area contributed by atoms with Gasteiger partial charge in [-0.2, -0.15) is 0 Å². The predicted molar refractivity (Wildman–Crippen MR) is 73.1 cm³/mol. The van der Waals surface area contributed by atoms with Crippen LogP contribution < -0.4 is 11.3 Å². The highest BCUT2D eigenvalue weighted by atomic mass is 16.2. The lowest BCUT2D eigenvalue weighted by atomic mass is 9.87. The largest absolute Gasteiger partial charge is 0.337 e. The van der Waals surface area contributed by atoms with E-state index in [-0.39, 0.29) is 17.4 Å². The molecule has 100 valence electrons. The molecule has 1 aromatic rings. The smallest absolute Gasteiger partial charge is 0.272 e. The van der Waals surface area contributed by atoms with Gasteiger partial charge < -0.3 is 10.3 Å². The first-order chi connectivity index (χ1) is 8.27. The van der Waals surface area contributed by atoms with Crippen molar-refractivity contribution < 1.29 is 4.79 Å². The van der Waals surface area contributed by atoms with Crippen molar-refractivity contribution in [2.24, 2.45) is 11.3 Å². The van der Waals surface area contributed by atoms with E-state index < -0.39 is 0 Å². The topological polar surface area (TPSA) is 71.2 Å². The van der Waals surface area contributed by atoms with Gasteiger partial charge in [-0.05, 0) is 24.5 Å². The van der Waals surface area contributed by atoms with E-state index in [1.807, 2.05) is 6.92 Å². The minimum atomic E-state index is -0.102. The molecule has 1 unspecified atom stereocenters. The van der Waals surface area contributed by atoms with Crippen LogP contribution in [0.3, 0.4) is 0 Å². The fraction of sp³-hybridized carbons (Fsp3) is 0.538. The Labute approximate surface area is 108 Å². The van der Waals surface area contributed by atoms with Gasteiger partial charge in [0.2, 0.25) is 0 Å². The number of hydrazine groups is 1. The third kappa shape index (κ3) is 3.20. The lowest BCUT2D eigenvalue weighted by Crippen LogP contribution is -2.43. The van der Waals surface area contributed by atoms with Gasteiger partial charge in [0.15, 0.2) is 0 Å². The highest BCUT2D eigenvalue weighted by Gasteiger charge is 2.28. The van der Waals surface area contributed by atoms with E-state index in [4.69, 9.17) is 5.84 Å². The predicted octanol–water partition coefficient (Wildman–Crippen LogP) is 1.87. The number of nitrogen functional groups attached to an aromatic ring is 1. The third-order valence-corrected chi connectivity index (χ3v) is 3.27. The van der Waals surface area contributed by atoms with Gasteiger partial charge in [0.25, 0.3) is 5.91 Å². The van der Waals surface area contributed by atoms with Crippen molar-refractivity contribution in [1.29, 1.82) is 0 Å². The molecule has 0 saturated carbocycles. The van der Waals surface area contributed by atoms with E-state index in [9.17, 15) is 4.79 Å². The highest BCUT2D eigenvalue weighted by molar-refractivity contribution is 5.92. The Kier molecular flexibility index (Phi) is 4.29. The first-order valence-electron chi connectivity index (χ1n) is 5.98.